The SMILES string of the molecule is C[C@H]([NH3+])c1ccc(C(F)(F)F)nc1. The summed E-state index contributed by atoms with van der Waals surface area (Å²) in [6.45, 7) is 1.80. The fraction of sp³-hybridized carbons (Fsp3) is 0.375. The number of nitrogens with zero attached hydrogens (tertiary/aromatic N) is 1. The van der Waals surface area contributed by atoms with Gasteiger partial charge in [-0.15, -0.1) is 0 Å². The predicted octanol–water partition coefficient (Wildman–Crippen LogP) is 1.40. The first-order chi connectivity index (χ1) is 5.91. The zero-order chi connectivity index (χ0) is 10.1. The van der Waals surface area contributed by atoms with Crippen molar-refractivity contribution in [1.29, 1.82) is 0 Å². The number of aromatic nitrogens is 1. The third-order valence-corrected chi connectivity index (χ3v) is 1.65. The van der Waals surface area contributed by atoms with Crippen molar-refractivity contribution in [2.24, 2.45) is 0 Å². The van der Waals surface area contributed by atoms with Gasteiger partial charge in [-0.3, -0.25) is 4.98 Å². The highest BCUT2D eigenvalue weighted by molar-refractivity contribution is 5.17. The Morgan fingerprint density at radius 2 is 2.00 bits per heavy atom. The molecule has 72 valence electrons. The second-order valence-electron chi connectivity index (χ2n) is 2.88. The van der Waals surface area contributed by atoms with E-state index in [2.05, 4.69) is 10.7 Å². The van der Waals surface area contributed by atoms with Gasteiger partial charge in [-0.1, -0.05) is 0 Å². The molecule has 0 saturated carbocycles. The molecule has 2 nitrogen and oxygen atoms in total. The van der Waals surface area contributed by atoms with E-state index in [0.717, 1.165) is 6.07 Å². The van der Waals surface area contributed by atoms with E-state index in [1.807, 2.05) is 0 Å². The lowest BCUT2D eigenvalue weighted by molar-refractivity contribution is -0.420. The Morgan fingerprint density at radius 1 is 1.38 bits per heavy atom. The number of halogens is 3. The van der Waals surface area contributed by atoms with Crippen LogP contribution in [-0.4, -0.2) is 4.98 Å². The fourth-order valence-electron chi connectivity index (χ4n) is 0.864. The molecule has 0 unspecified atom stereocenters. The van der Waals surface area contributed by atoms with E-state index in [9.17, 15) is 13.2 Å². The van der Waals surface area contributed by atoms with E-state index >= 15 is 0 Å². The Labute approximate surface area is 73.6 Å². The summed E-state index contributed by atoms with van der Waals surface area (Å²) in [5.74, 6) is 0. The van der Waals surface area contributed by atoms with Crippen molar-refractivity contribution in [3.8, 4) is 0 Å². The van der Waals surface area contributed by atoms with Gasteiger partial charge in [-0.05, 0) is 19.1 Å². The lowest BCUT2D eigenvalue weighted by atomic mass is 10.1. The van der Waals surface area contributed by atoms with E-state index in [-0.39, 0.29) is 6.04 Å². The highest BCUT2D eigenvalue weighted by Crippen LogP contribution is 2.27. The van der Waals surface area contributed by atoms with E-state index in [4.69, 9.17) is 0 Å². The molecule has 0 fully saturated rings. The molecule has 0 aliphatic rings. The number of quaternary nitrogens is 1. The summed E-state index contributed by atoms with van der Waals surface area (Å²) in [6, 6.07) is 2.32. The molecule has 0 aliphatic heterocycles. The second kappa shape index (κ2) is 3.33. The van der Waals surface area contributed by atoms with Gasteiger partial charge in [0, 0.05) is 11.8 Å². The van der Waals surface area contributed by atoms with Gasteiger partial charge in [-0.2, -0.15) is 13.2 Å². The number of alkyl halides is 3. The summed E-state index contributed by atoms with van der Waals surface area (Å²) in [7, 11) is 0. The van der Waals surface area contributed by atoms with Gasteiger partial charge in [0.2, 0.25) is 0 Å². The van der Waals surface area contributed by atoms with Crippen LogP contribution in [0.1, 0.15) is 24.2 Å². The van der Waals surface area contributed by atoms with Crippen molar-refractivity contribution in [3.63, 3.8) is 0 Å². The van der Waals surface area contributed by atoms with Crippen LogP contribution in [-0.2, 0) is 6.18 Å². The summed E-state index contributed by atoms with van der Waals surface area (Å²) < 4.78 is 36.1. The van der Waals surface area contributed by atoms with Crippen LogP contribution in [0.4, 0.5) is 13.2 Å². The zero-order valence-corrected chi connectivity index (χ0v) is 7.10. The average molecular weight is 191 g/mol. The third kappa shape index (κ3) is 2.42. The molecule has 5 heteroatoms. The van der Waals surface area contributed by atoms with Crippen molar-refractivity contribution in [2.75, 3.05) is 0 Å². The van der Waals surface area contributed by atoms with E-state index in [1.54, 1.807) is 6.92 Å². The minimum absolute atomic E-state index is 0.0465. The van der Waals surface area contributed by atoms with Crippen LogP contribution in [0.3, 0.4) is 0 Å². The summed E-state index contributed by atoms with van der Waals surface area (Å²) in [6.07, 6.45) is -3.15. The molecule has 1 aromatic rings. The number of rotatable bonds is 1. The topological polar surface area (TPSA) is 40.5 Å². The zero-order valence-electron chi connectivity index (χ0n) is 7.10. The van der Waals surface area contributed by atoms with Crippen molar-refractivity contribution in [1.82, 2.24) is 4.98 Å². The van der Waals surface area contributed by atoms with Crippen LogP contribution in [0.2, 0.25) is 0 Å². The Kier molecular flexibility index (Phi) is 2.56. The Balaban J connectivity index is 2.94. The molecule has 1 heterocycles. The molecule has 1 rings (SSSR count). The van der Waals surface area contributed by atoms with Gasteiger partial charge in [0.25, 0.3) is 0 Å². The summed E-state index contributed by atoms with van der Waals surface area (Å²) >= 11 is 0. The van der Waals surface area contributed by atoms with Crippen molar-refractivity contribution >= 4 is 0 Å². The monoisotopic (exact) mass is 191 g/mol. The Morgan fingerprint density at radius 3 is 2.31 bits per heavy atom. The molecule has 3 N–H and O–H groups in total. The first-order valence-electron chi connectivity index (χ1n) is 3.77. The summed E-state index contributed by atoms with van der Waals surface area (Å²) in [4.78, 5) is 3.31. The highest BCUT2D eigenvalue weighted by atomic mass is 19.4. The molecule has 1 aromatic heterocycles. The number of pyridine rings is 1. The Hall–Kier alpha value is -1.10. The van der Waals surface area contributed by atoms with Crippen molar-refractivity contribution in [2.45, 2.75) is 19.1 Å². The quantitative estimate of drug-likeness (QED) is 0.716. The standard InChI is InChI=1S/C8H9F3N2/c1-5(12)6-2-3-7(13-4-6)8(9,10)11/h2-5H,12H2,1H3/p+1/t5-/m0/s1. The van der Waals surface area contributed by atoms with Crippen LogP contribution in [0.5, 0.6) is 0 Å². The maximum absolute atomic E-state index is 12.0. The predicted molar refractivity (Wildman–Crippen MR) is 40.5 cm³/mol. The van der Waals surface area contributed by atoms with Crippen molar-refractivity contribution < 1.29 is 18.9 Å². The lowest BCUT2D eigenvalue weighted by Crippen LogP contribution is -2.51. The highest BCUT2D eigenvalue weighted by Gasteiger charge is 2.32. The lowest BCUT2D eigenvalue weighted by Gasteiger charge is -2.06. The van der Waals surface area contributed by atoms with E-state index in [0.29, 0.717) is 5.56 Å². The maximum atomic E-state index is 12.0. The summed E-state index contributed by atoms with van der Waals surface area (Å²) in [5.41, 5.74) is 3.52. The van der Waals surface area contributed by atoms with Gasteiger partial charge in [0.05, 0.1) is 0 Å². The first-order valence-corrected chi connectivity index (χ1v) is 3.77. The molecule has 0 aliphatic carbocycles. The molecule has 0 bridgehead atoms. The van der Waals surface area contributed by atoms with Gasteiger partial charge in [-0.25, -0.2) is 0 Å². The fourth-order valence-corrected chi connectivity index (χ4v) is 0.864. The average Bonchev–Trinajstić information content (AvgIpc) is 2.03. The van der Waals surface area contributed by atoms with E-state index < -0.39 is 11.9 Å². The van der Waals surface area contributed by atoms with E-state index in [1.165, 1.54) is 12.3 Å². The normalized spacial score (nSPS) is 14.2. The minimum atomic E-state index is -4.36. The molecule has 0 saturated heterocycles. The third-order valence-electron chi connectivity index (χ3n) is 1.65. The number of hydrogen-bond acceptors (Lipinski definition) is 1. The van der Waals surface area contributed by atoms with Crippen LogP contribution in [0, 0.1) is 0 Å². The molecule has 1 atom stereocenters. The molecule has 0 aromatic carbocycles. The second-order valence-corrected chi connectivity index (χ2v) is 2.88. The van der Waals surface area contributed by atoms with Gasteiger partial charge in [0.1, 0.15) is 11.7 Å². The maximum Gasteiger partial charge on any atom is 0.433 e. The van der Waals surface area contributed by atoms with Crippen LogP contribution in [0.15, 0.2) is 18.3 Å². The molecule has 0 spiro atoms. The Bertz CT molecular complexity index is 276. The smallest absolute Gasteiger partial charge is 0.352 e. The first kappa shape index (κ1) is 9.98. The molecule has 0 amide bonds. The van der Waals surface area contributed by atoms with Crippen LogP contribution < -0.4 is 5.73 Å². The van der Waals surface area contributed by atoms with Crippen molar-refractivity contribution in [3.05, 3.63) is 29.6 Å². The molecular weight excluding hydrogens is 181 g/mol. The van der Waals surface area contributed by atoms with Crippen LogP contribution >= 0.6 is 0 Å². The van der Waals surface area contributed by atoms with Crippen LogP contribution in [0.25, 0.3) is 0 Å². The largest absolute Gasteiger partial charge is 0.433 e. The van der Waals surface area contributed by atoms with Gasteiger partial charge < -0.3 is 5.73 Å². The number of hydrogen-bond donors (Lipinski definition) is 1. The van der Waals surface area contributed by atoms with Gasteiger partial charge in [0.15, 0.2) is 0 Å². The molecule has 13 heavy (non-hydrogen) atoms. The summed E-state index contributed by atoms with van der Waals surface area (Å²) in [5, 5.41) is 0. The minimum Gasteiger partial charge on any atom is -0.352 e. The molecule has 0 radical (unpaired) electrons. The van der Waals surface area contributed by atoms with Gasteiger partial charge >= 0.3 is 6.18 Å². The molecular formula is C8H10F3N2+.